The summed E-state index contributed by atoms with van der Waals surface area (Å²) in [6, 6.07) is 12.8. The molecule has 0 fully saturated rings. The number of ether oxygens (including phenoxy) is 1. The van der Waals surface area contributed by atoms with Gasteiger partial charge in [-0.15, -0.1) is 13.2 Å². The van der Waals surface area contributed by atoms with Crippen molar-refractivity contribution >= 4 is 17.4 Å². The first-order chi connectivity index (χ1) is 17.4. The van der Waals surface area contributed by atoms with E-state index in [-0.39, 0.29) is 28.3 Å². The number of aryl methyl sites for hydroxylation is 1. The number of nitrogens with zero attached hydrogens (tertiary/aromatic N) is 2. The average Bonchev–Trinajstić information content (AvgIpc) is 3.10. The molecular formula is C27H23F3N2O5. The summed E-state index contributed by atoms with van der Waals surface area (Å²) in [5, 5.41) is 10.8. The molecule has 0 saturated heterocycles. The van der Waals surface area contributed by atoms with Gasteiger partial charge in [0, 0.05) is 18.8 Å². The number of rotatable bonds is 6. The van der Waals surface area contributed by atoms with E-state index in [1.165, 1.54) is 42.1 Å². The van der Waals surface area contributed by atoms with E-state index in [4.69, 9.17) is 0 Å². The summed E-state index contributed by atoms with van der Waals surface area (Å²) in [4.78, 5) is 40.7. The van der Waals surface area contributed by atoms with E-state index in [9.17, 15) is 32.7 Å². The van der Waals surface area contributed by atoms with Crippen molar-refractivity contribution in [1.29, 1.82) is 0 Å². The van der Waals surface area contributed by atoms with Crippen molar-refractivity contribution in [3.63, 3.8) is 0 Å². The van der Waals surface area contributed by atoms with Gasteiger partial charge in [-0.05, 0) is 41.3 Å². The molecule has 1 unspecified atom stereocenters. The summed E-state index contributed by atoms with van der Waals surface area (Å²) in [5.74, 6) is -2.78. The molecule has 37 heavy (non-hydrogen) atoms. The number of Topliss-reactive ketones (excluding diaryl/α,β-unsaturated/α-hetero) is 1. The van der Waals surface area contributed by atoms with Crippen LogP contribution < -0.4 is 15.2 Å². The molecule has 1 aliphatic heterocycles. The van der Waals surface area contributed by atoms with Crippen LogP contribution >= 0.6 is 0 Å². The Labute approximate surface area is 210 Å². The molecule has 1 aliphatic rings. The van der Waals surface area contributed by atoms with Crippen molar-refractivity contribution in [3.8, 4) is 5.75 Å². The molecule has 1 amide bonds. The summed E-state index contributed by atoms with van der Waals surface area (Å²) < 4.78 is 43.1. The first-order valence-corrected chi connectivity index (χ1v) is 11.3. The Morgan fingerprint density at radius 1 is 1.00 bits per heavy atom. The highest BCUT2D eigenvalue weighted by Crippen LogP contribution is 2.41. The molecule has 10 heteroatoms. The average molecular weight is 512 g/mol. The van der Waals surface area contributed by atoms with Gasteiger partial charge in [0.25, 0.3) is 11.5 Å². The van der Waals surface area contributed by atoms with Crippen LogP contribution in [0.4, 0.5) is 18.9 Å². The predicted octanol–water partition coefficient (Wildman–Crippen LogP) is 5.19. The number of aromatic nitrogens is 1. The number of aliphatic hydroxyl groups is 1. The van der Waals surface area contributed by atoms with Crippen LogP contribution in [0.15, 0.2) is 83.0 Å². The molecule has 0 spiro atoms. The molecule has 7 nitrogen and oxygen atoms in total. The molecule has 1 N–H and O–H groups in total. The fraction of sp³-hybridized carbons (Fsp3) is 0.222. The topological polar surface area (TPSA) is 88.8 Å². The molecule has 0 saturated carbocycles. The predicted molar refractivity (Wildman–Crippen MR) is 130 cm³/mol. The molecule has 1 atom stereocenters. The Balaban J connectivity index is 1.84. The molecule has 192 valence electrons. The van der Waals surface area contributed by atoms with E-state index in [0.29, 0.717) is 0 Å². The largest absolute Gasteiger partial charge is 0.573 e. The molecule has 0 radical (unpaired) electrons. The summed E-state index contributed by atoms with van der Waals surface area (Å²) in [7, 11) is 1.47. The van der Waals surface area contributed by atoms with Gasteiger partial charge in [0.1, 0.15) is 11.4 Å². The highest BCUT2D eigenvalue weighted by molar-refractivity contribution is 6.20. The number of anilines is 1. The van der Waals surface area contributed by atoms with E-state index < -0.39 is 41.2 Å². The second-order valence-electron chi connectivity index (χ2n) is 8.87. The SMILES string of the molecule is CC(C)c1ccc(C(=O)C2=C(O)C(=O)N(c3cccn(C)c3=O)C2c2ccc(OC(F)(F)F)cc2)cc1. The van der Waals surface area contributed by atoms with Crippen LogP contribution in [0.25, 0.3) is 0 Å². The molecule has 3 aromatic rings. The Morgan fingerprint density at radius 2 is 1.62 bits per heavy atom. The number of carbonyl (C=O) groups excluding carboxylic acids is 2. The van der Waals surface area contributed by atoms with Crippen molar-refractivity contribution in [2.45, 2.75) is 32.2 Å². The molecule has 2 heterocycles. The van der Waals surface area contributed by atoms with E-state index in [1.807, 2.05) is 13.8 Å². The van der Waals surface area contributed by atoms with Crippen molar-refractivity contribution < 1.29 is 32.6 Å². The van der Waals surface area contributed by atoms with Crippen LogP contribution in [-0.2, 0) is 11.8 Å². The zero-order chi connectivity index (χ0) is 27.1. The minimum atomic E-state index is -4.91. The number of aliphatic hydroxyl groups excluding tert-OH is 1. The lowest BCUT2D eigenvalue weighted by Crippen LogP contribution is -2.36. The van der Waals surface area contributed by atoms with Gasteiger partial charge in [-0.1, -0.05) is 50.2 Å². The Hall–Kier alpha value is -4.34. The lowest BCUT2D eigenvalue weighted by molar-refractivity contribution is -0.274. The van der Waals surface area contributed by atoms with Crippen molar-refractivity contribution in [1.82, 2.24) is 4.57 Å². The van der Waals surface area contributed by atoms with E-state index >= 15 is 0 Å². The van der Waals surface area contributed by atoms with Gasteiger partial charge in [0.15, 0.2) is 11.5 Å². The van der Waals surface area contributed by atoms with Gasteiger partial charge in [0.05, 0.1) is 11.6 Å². The third-order valence-corrected chi connectivity index (χ3v) is 6.08. The van der Waals surface area contributed by atoms with Crippen molar-refractivity contribution in [2.24, 2.45) is 7.05 Å². The third-order valence-electron chi connectivity index (χ3n) is 6.08. The smallest absolute Gasteiger partial charge is 0.503 e. The first kappa shape index (κ1) is 25.7. The van der Waals surface area contributed by atoms with Crippen LogP contribution in [0.2, 0.25) is 0 Å². The van der Waals surface area contributed by atoms with Gasteiger partial charge in [-0.25, -0.2) is 0 Å². The lowest BCUT2D eigenvalue weighted by Gasteiger charge is -2.26. The Bertz CT molecular complexity index is 1440. The molecule has 0 aliphatic carbocycles. The summed E-state index contributed by atoms with van der Waals surface area (Å²) in [6.45, 7) is 3.97. The van der Waals surface area contributed by atoms with Crippen molar-refractivity contribution in [3.05, 3.63) is 105 Å². The maximum absolute atomic E-state index is 13.6. The fourth-order valence-electron chi connectivity index (χ4n) is 4.19. The van der Waals surface area contributed by atoms with Crippen molar-refractivity contribution in [2.75, 3.05) is 4.90 Å². The number of carbonyl (C=O) groups is 2. The van der Waals surface area contributed by atoms with Crippen LogP contribution in [0.1, 0.15) is 47.3 Å². The van der Waals surface area contributed by atoms with Gasteiger partial charge >= 0.3 is 6.36 Å². The summed E-state index contributed by atoms with van der Waals surface area (Å²) >= 11 is 0. The van der Waals surface area contributed by atoms with E-state index in [0.717, 1.165) is 22.6 Å². The Morgan fingerprint density at radius 3 is 2.19 bits per heavy atom. The third kappa shape index (κ3) is 5.00. The van der Waals surface area contributed by atoms with Crippen LogP contribution in [0.3, 0.4) is 0 Å². The first-order valence-electron chi connectivity index (χ1n) is 11.3. The van der Waals surface area contributed by atoms with E-state index in [2.05, 4.69) is 4.74 Å². The molecular weight excluding hydrogens is 489 g/mol. The second kappa shape index (κ2) is 9.61. The molecule has 4 rings (SSSR count). The minimum absolute atomic E-state index is 0.111. The fourth-order valence-corrected chi connectivity index (χ4v) is 4.19. The number of benzene rings is 2. The quantitative estimate of drug-likeness (QED) is 0.460. The maximum atomic E-state index is 13.6. The number of amides is 1. The van der Waals surface area contributed by atoms with Gasteiger partial charge in [0.2, 0.25) is 0 Å². The normalized spacial score (nSPS) is 16.0. The highest BCUT2D eigenvalue weighted by atomic mass is 19.4. The molecule has 1 aromatic heterocycles. The van der Waals surface area contributed by atoms with Gasteiger partial charge in [-0.2, -0.15) is 0 Å². The maximum Gasteiger partial charge on any atom is 0.573 e. The van der Waals surface area contributed by atoms with Crippen LogP contribution in [0, 0.1) is 0 Å². The number of ketones is 1. The zero-order valence-electron chi connectivity index (χ0n) is 20.1. The number of pyridine rings is 1. The minimum Gasteiger partial charge on any atom is -0.503 e. The number of halogens is 3. The second-order valence-corrected chi connectivity index (χ2v) is 8.87. The lowest BCUT2D eigenvalue weighted by atomic mass is 9.91. The monoisotopic (exact) mass is 512 g/mol. The van der Waals surface area contributed by atoms with Gasteiger partial charge in [-0.3, -0.25) is 19.3 Å². The number of alkyl halides is 3. The zero-order valence-corrected chi connectivity index (χ0v) is 20.1. The van der Waals surface area contributed by atoms with Gasteiger partial charge < -0.3 is 14.4 Å². The van der Waals surface area contributed by atoms with Crippen LogP contribution in [0.5, 0.6) is 5.75 Å². The molecule has 0 bridgehead atoms. The van der Waals surface area contributed by atoms with Crippen LogP contribution in [-0.4, -0.2) is 27.7 Å². The van der Waals surface area contributed by atoms with E-state index in [1.54, 1.807) is 24.3 Å². The summed E-state index contributed by atoms with van der Waals surface area (Å²) in [5.41, 5.74) is 0.394. The number of hydrogen-bond donors (Lipinski definition) is 1. The Kier molecular flexibility index (Phi) is 6.68. The highest BCUT2D eigenvalue weighted by Gasteiger charge is 2.45. The number of hydrogen-bond acceptors (Lipinski definition) is 5. The standard InChI is InChI=1S/C27H23F3N2O5/c1-15(2)16-6-8-18(9-7-16)23(33)21-22(17-10-12-19(13-11-17)37-27(28,29)30)32(26(36)24(21)34)20-5-4-14-31(3)25(20)35/h4-15,22,34H,1-3H3. The molecule has 2 aromatic carbocycles. The summed E-state index contributed by atoms with van der Waals surface area (Å²) in [6.07, 6.45) is -3.44.